The SMILES string of the molecule is Cc1ccc(C2C(=O)C=C[C@@]23COC2(CCCCC2)O3)c(C)c1. The van der Waals surface area contributed by atoms with Gasteiger partial charge >= 0.3 is 0 Å². The van der Waals surface area contributed by atoms with E-state index in [9.17, 15) is 4.79 Å². The zero-order valence-corrected chi connectivity index (χ0v) is 13.9. The van der Waals surface area contributed by atoms with Gasteiger partial charge in [-0.3, -0.25) is 4.79 Å². The fourth-order valence-corrected chi connectivity index (χ4v) is 4.43. The number of ketones is 1. The van der Waals surface area contributed by atoms with E-state index in [1.165, 1.54) is 12.0 Å². The molecule has 4 rings (SSSR count). The Morgan fingerprint density at radius 1 is 1.13 bits per heavy atom. The summed E-state index contributed by atoms with van der Waals surface area (Å²) >= 11 is 0. The average molecular weight is 312 g/mol. The smallest absolute Gasteiger partial charge is 0.169 e. The van der Waals surface area contributed by atoms with Gasteiger partial charge in [-0.1, -0.05) is 30.2 Å². The Hall–Kier alpha value is -1.45. The van der Waals surface area contributed by atoms with E-state index in [4.69, 9.17) is 9.47 Å². The molecule has 0 N–H and O–H groups in total. The van der Waals surface area contributed by atoms with Gasteiger partial charge in [0, 0.05) is 12.8 Å². The van der Waals surface area contributed by atoms with Crippen LogP contribution >= 0.6 is 0 Å². The van der Waals surface area contributed by atoms with Crippen molar-refractivity contribution in [2.75, 3.05) is 6.61 Å². The number of hydrogen-bond acceptors (Lipinski definition) is 3. The molecule has 1 saturated heterocycles. The third-order valence-corrected chi connectivity index (χ3v) is 5.59. The molecule has 0 aromatic heterocycles. The minimum Gasteiger partial charge on any atom is -0.346 e. The standard InChI is InChI=1S/C20H24O3/c1-14-6-7-16(15(2)12-14)18-17(21)8-11-19(18)13-22-20(23-19)9-4-3-5-10-20/h6-8,11-12,18H,3-5,9-10,13H2,1-2H3/t18?,19-/m1/s1. The molecule has 0 bridgehead atoms. The summed E-state index contributed by atoms with van der Waals surface area (Å²) in [6, 6.07) is 6.30. The molecule has 122 valence electrons. The quantitative estimate of drug-likeness (QED) is 0.787. The molecule has 0 amide bonds. The highest BCUT2D eigenvalue weighted by Crippen LogP contribution is 2.50. The van der Waals surface area contributed by atoms with Crippen molar-refractivity contribution in [3.05, 3.63) is 47.0 Å². The van der Waals surface area contributed by atoms with Crippen LogP contribution in [0.5, 0.6) is 0 Å². The van der Waals surface area contributed by atoms with Crippen LogP contribution in [0.1, 0.15) is 54.7 Å². The van der Waals surface area contributed by atoms with Crippen LogP contribution in [0, 0.1) is 13.8 Å². The lowest BCUT2D eigenvalue weighted by molar-refractivity contribution is -0.199. The molecular formula is C20H24O3. The molecule has 1 aromatic carbocycles. The van der Waals surface area contributed by atoms with Gasteiger partial charge in [-0.25, -0.2) is 0 Å². The summed E-state index contributed by atoms with van der Waals surface area (Å²) in [5, 5.41) is 0. The van der Waals surface area contributed by atoms with Crippen LogP contribution in [0.3, 0.4) is 0 Å². The maximum Gasteiger partial charge on any atom is 0.169 e. The second-order valence-corrected chi connectivity index (χ2v) is 7.35. The molecule has 3 aliphatic rings. The first-order valence-electron chi connectivity index (χ1n) is 8.68. The molecule has 2 atom stereocenters. The van der Waals surface area contributed by atoms with Gasteiger partial charge in [0.2, 0.25) is 0 Å². The Bertz CT molecular complexity index is 669. The maximum atomic E-state index is 12.6. The number of aryl methyl sites for hydroxylation is 2. The monoisotopic (exact) mass is 312 g/mol. The average Bonchev–Trinajstić information content (AvgIpc) is 3.03. The van der Waals surface area contributed by atoms with E-state index in [-0.39, 0.29) is 11.7 Å². The Balaban J connectivity index is 1.70. The van der Waals surface area contributed by atoms with Gasteiger partial charge < -0.3 is 9.47 Å². The van der Waals surface area contributed by atoms with Crippen LogP contribution in [0.4, 0.5) is 0 Å². The summed E-state index contributed by atoms with van der Waals surface area (Å²) in [4.78, 5) is 12.6. The fourth-order valence-electron chi connectivity index (χ4n) is 4.43. The van der Waals surface area contributed by atoms with E-state index in [2.05, 4.69) is 32.0 Å². The lowest BCUT2D eigenvalue weighted by Gasteiger charge is -2.35. The van der Waals surface area contributed by atoms with Crippen molar-refractivity contribution < 1.29 is 14.3 Å². The van der Waals surface area contributed by atoms with Crippen LogP contribution < -0.4 is 0 Å². The molecule has 2 aliphatic carbocycles. The highest BCUT2D eigenvalue weighted by Gasteiger charge is 2.57. The fraction of sp³-hybridized carbons (Fsp3) is 0.550. The number of carbonyl (C=O) groups excluding carboxylic acids is 1. The molecule has 1 aromatic rings. The number of hydrogen-bond donors (Lipinski definition) is 0. The predicted octanol–water partition coefficient (Wildman–Crippen LogP) is 3.97. The summed E-state index contributed by atoms with van der Waals surface area (Å²) in [6.45, 7) is 4.63. The van der Waals surface area contributed by atoms with Crippen LogP contribution in [-0.2, 0) is 14.3 Å². The normalized spacial score (nSPS) is 32.3. The largest absolute Gasteiger partial charge is 0.346 e. The first-order chi connectivity index (χ1) is 11.0. The number of carbonyl (C=O) groups is 1. The van der Waals surface area contributed by atoms with E-state index in [0.29, 0.717) is 6.61 Å². The van der Waals surface area contributed by atoms with Gasteiger partial charge in [0.05, 0.1) is 12.5 Å². The molecule has 3 nitrogen and oxygen atoms in total. The summed E-state index contributed by atoms with van der Waals surface area (Å²) in [5.41, 5.74) is 2.82. The van der Waals surface area contributed by atoms with Crippen molar-refractivity contribution in [3.8, 4) is 0 Å². The first-order valence-corrected chi connectivity index (χ1v) is 8.68. The third kappa shape index (κ3) is 2.38. The lowest BCUT2D eigenvalue weighted by Crippen LogP contribution is -2.41. The molecule has 0 radical (unpaired) electrons. The second-order valence-electron chi connectivity index (χ2n) is 7.35. The van der Waals surface area contributed by atoms with Crippen LogP contribution in [-0.4, -0.2) is 23.8 Å². The Morgan fingerprint density at radius 2 is 1.91 bits per heavy atom. The highest BCUT2D eigenvalue weighted by molar-refractivity contribution is 6.00. The van der Waals surface area contributed by atoms with Gasteiger partial charge in [-0.05, 0) is 50.0 Å². The van der Waals surface area contributed by atoms with Crippen LogP contribution in [0.15, 0.2) is 30.4 Å². The summed E-state index contributed by atoms with van der Waals surface area (Å²) in [7, 11) is 0. The molecule has 1 aliphatic heterocycles. The number of allylic oxidation sites excluding steroid dienone is 1. The molecule has 23 heavy (non-hydrogen) atoms. The number of ether oxygens (including phenoxy) is 2. The Morgan fingerprint density at radius 3 is 2.65 bits per heavy atom. The zero-order valence-electron chi connectivity index (χ0n) is 13.9. The van der Waals surface area contributed by atoms with Gasteiger partial charge in [0.1, 0.15) is 5.60 Å². The third-order valence-electron chi connectivity index (χ3n) is 5.59. The summed E-state index contributed by atoms with van der Waals surface area (Å²) in [6.07, 6.45) is 9.05. The van der Waals surface area contributed by atoms with Crippen molar-refractivity contribution in [3.63, 3.8) is 0 Å². The van der Waals surface area contributed by atoms with E-state index in [0.717, 1.165) is 36.8 Å². The Labute approximate surface area is 137 Å². The van der Waals surface area contributed by atoms with Crippen molar-refractivity contribution in [1.82, 2.24) is 0 Å². The lowest BCUT2D eigenvalue weighted by atomic mass is 9.81. The summed E-state index contributed by atoms with van der Waals surface area (Å²) < 4.78 is 12.7. The Kier molecular flexibility index (Phi) is 3.47. The van der Waals surface area contributed by atoms with Crippen LogP contribution in [0.2, 0.25) is 0 Å². The van der Waals surface area contributed by atoms with Crippen molar-refractivity contribution in [2.45, 2.75) is 63.3 Å². The van der Waals surface area contributed by atoms with Gasteiger partial charge in [-0.15, -0.1) is 0 Å². The van der Waals surface area contributed by atoms with E-state index in [1.54, 1.807) is 6.08 Å². The minimum atomic E-state index is -0.617. The second kappa shape index (κ2) is 5.29. The molecular weight excluding hydrogens is 288 g/mol. The molecule has 2 spiro atoms. The molecule has 1 heterocycles. The molecule has 1 saturated carbocycles. The molecule has 1 unspecified atom stereocenters. The van der Waals surface area contributed by atoms with Gasteiger partial charge in [-0.2, -0.15) is 0 Å². The minimum absolute atomic E-state index is 0.133. The van der Waals surface area contributed by atoms with E-state index in [1.807, 2.05) is 6.08 Å². The zero-order chi connectivity index (χ0) is 16.1. The van der Waals surface area contributed by atoms with Crippen molar-refractivity contribution in [1.29, 1.82) is 0 Å². The van der Waals surface area contributed by atoms with Crippen LogP contribution in [0.25, 0.3) is 0 Å². The first kappa shape index (κ1) is 15.1. The maximum absolute atomic E-state index is 12.6. The van der Waals surface area contributed by atoms with Gasteiger partial charge in [0.25, 0.3) is 0 Å². The summed E-state index contributed by atoms with van der Waals surface area (Å²) in [5.74, 6) is -0.609. The molecule has 3 heteroatoms. The molecule has 2 fully saturated rings. The van der Waals surface area contributed by atoms with Crippen molar-refractivity contribution >= 4 is 5.78 Å². The van der Waals surface area contributed by atoms with Crippen molar-refractivity contribution in [2.24, 2.45) is 0 Å². The highest BCUT2D eigenvalue weighted by atomic mass is 16.8. The number of benzene rings is 1. The van der Waals surface area contributed by atoms with E-state index >= 15 is 0 Å². The topological polar surface area (TPSA) is 35.5 Å². The van der Waals surface area contributed by atoms with Gasteiger partial charge in [0.15, 0.2) is 11.6 Å². The predicted molar refractivity (Wildman–Crippen MR) is 88.4 cm³/mol. The van der Waals surface area contributed by atoms with E-state index < -0.39 is 11.4 Å². The number of rotatable bonds is 1.